The van der Waals surface area contributed by atoms with Crippen molar-refractivity contribution < 1.29 is 9.47 Å². The molecule has 4 rings (SSSR count). The molecule has 136 valence electrons. The first-order chi connectivity index (χ1) is 12.6. The molecule has 3 aromatic rings. The molecule has 26 heavy (non-hydrogen) atoms. The molecule has 0 unspecified atom stereocenters. The number of aryl methyl sites for hydroxylation is 3. The van der Waals surface area contributed by atoms with Crippen molar-refractivity contribution >= 4 is 45.1 Å². The van der Waals surface area contributed by atoms with Gasteiger partial charge in [0.1, 0.15) is 10.7 Å². The lowest BCUT2D eigenvalue weighted by Crippen LogP contribution is -1.97. The Morgan fingerprint density at radius 2 is 1.81 bits per heavy atom. The van der Waals surface area contributed by atoms with Crippen LogP contribution in [0.1, 0.15) is 26.4 Å². The quantitative estimate of drug-likeness (QED) is 0.540. The molecular formula is C19H20N2O2S3. The van der Waals surface area contributed by atoms with E-state index in [9.17, 15) is 0 Å². The summed E-state index contributed by atoms with van der Waals surface area (Å²) >= 11 is 5.64. The van der Waals surface area contributed by atoms with E-state index >= 15 is 0 Å². The minimum absolute atomic E-state index is 0.479. The Morgan fingerprint density at radius 1 is 1.04 bits per heavy atom. The molecule has 0 atom stereocenters. The fourth-order valence-electron chi connectivity index (χ4n) is 2.96. The summed E-state index contributed by atoms with van der Waals surface area (Å²) in [4.78, 5) is 11.3. The average Bonchev–Trinajstić information content (AvgIpc) is 3.24. The molecule has 0 aliphatic carbocycles. The molecule has 0 radical (unpaired) electrons. The minimum atomic E-state index is 0.479. The van der Waals surface area contributed by atoms with Gasteiger partial charge in [0.25, 0.3) is 0 Å². The normalized spacial score (nSPS) is 14.9. The van der Waals surface area contributed by atoms with E-state index in [1.807, 2.05) is 36.5 Å². The van der Waals surface area contributed by atoms with Crippen LogP contribution >= 0.6 is 34.9 Å². The van der Waals surface area contributed by atoms with Crippen LogP contribution in [0, 0.1) is 20.8 Å². The summed E-state index contributed by atoms with van der Waals surface area (Å²) in [5.74, 6) is 5.14. The van der Waals surface area contributed by atoms with E-state index in [-0.39, 0.29) is 0 Å². The molecule has 2 aromatic heterocycles. The third-order valence-electron chi connectivity index (χ3n) is 4.40. The number of benzene rings is 1. The zero-order chi connectivity index (χ0) is 18.3. The standard InChI is InChI=1S/C19H20N2O2S3/c1-10-11(2)26-18-16(10)17(20-12(3)21-18)23-14-6-5-13(9-15(14)22-4)19-24-7-8-25-19/h5-6,9,19H,7-8H2,1-4H3. The van der Waals surface area contributed by atoms with Gasteiger partial charge in [-0.25, -0.2) is 4.98 Å². The number of thiophene rings is 1. The summed E-state index contributed by atoms with van der Waals surface area (Å²) in [5.41, 5.74) is 2.45. The highest BCUT2D eigenvalue weighted by Crippen LogP contribution is 2.47. The van der Waals surface area contributed by atoms with E-state index in [1.54, 1.807) is 18.4 Å². The molecule has 0 saturated carbocycles. The maximum atomic E-state index is 6.22. The van der Waals surface area contributed by atoms with E-state index in [1.165, 1.54) is 27.5 Å². The van der Waals surface area contributed by atoms with Crippen molar-refractivity contribution in [2.24, 2.45) is 0 Å². The van der Waals surface area contributed by atoms with Gasteiger partial charge in [-0.2, -0.15) is 4.98 Å². The molecule has 3 heterocycles. The van der Waals surface area contributed by atoms with Gasteiger partial charge in [0.05, 0.1) is 17.1 Å². The highest BCUT2D eigenvalue weighted by Gasteiger charge is 2.21. The van der Waals surface area contributed by atoms with Crippen molar-refractivity contribution in [3.63, 3.8) is 0 Å². The number of rotatable bonds is 4. The first-order valence-electron chi connectivity index (χ1n) is 8.40. The van der Waals surface area contributed by atoms with E-state index in [0.717, 1.165) is 16.0 Å². The zero-order valence-corrected chi connectivity index (χ0v) is 17.6. The smallest absolute Gasteiger partial charge is 0.231 e. The Kier molecular flexibility index (Phi) is 5.03. The Bertz CT molecular complexity index is 965. The van der Waals surface area contributed by atoms with E-state index in [0.29, 0.717) is 22.0 Å². The van der Waals surface area contributed by atoms with E-state index in [4.69, 9.17) is 9.47 Å². The molecule has 0 bridgehead atoms. The summed E-state index contributed by atoms with van der Waals surface area (Å²) < 4.78 is 12.3. The van der Waals surface area contributed by atoms with E-state index < -0.39 is 0 Å². The Balaban J connectivity index is 1.74. The van der Waals surface area contributed by atoms with Crippen molar-refractivity contribution in [2.45, 2.75) is 25.4 Å². The van der Waals surface area contributed by atoms with Crippen molar-refractivity contribution in [3.05, 3.63) is 40.0 Å². The van der Waals surface area contributed by atoms with Crippen LogP contribution in [-0.2, 0) is 0 Å². The predicted octanol–water partition coefficient (Wildman–Crippen LogP) is 5.90. The summed E-state index contributed by atoms with van der Waals surface area (Å²) in [6.45, 7) is 6.09. The number of methoxy groups -OCH3 is 1. The molecule has 1 fully saturated rings. The van der Waals surface area contributed by atoms with Crippen molar-refractivity contribution in [3.8, 4) is 17.4 Å². The minimum Gasteiger partial charge on any atom is -0.493 e. The maximum absolute atomic E-state index is 6.22. The first-order valence-corrected chi connectivity index (χ1v) is 11.3. The highest BCUT2D eigenvalue weighted by molar-refractivity contribution is 8.19. The molecule has 1 aliphatic rings. The number of thioether (sulfide) groups is 2. The fourth-order valence-corrected chi connectivity index (χ4v) is 6.86. The average molecular weight is 405 g/mol. The lowest BCUT2D eigenvalue weighted by Gasteiger charge is -2.14. The highest BCUT2D eigenvalue weighted by atomic mass is 32.2. The van der Waals surface area contributed by atoms with Gasteiger partial charge in [0, 0.05) is 16.4 Å². The van der Waals surface area contributed by atoms with E-state index in [2.05, 4.69) is 35.9 Å². The number of nitrogens with zero attached hydrogens (tertiary/aromatic N) is 2. The molecule has 1 saturated heterocycles. The molecule has 0 N–H and O–H groups in total. The molecule has 7 heteroatoms. The second kappa shape index (κ2) is 7.29. The topological polar surface area (TPSA) is 44.2 Å². The number of aromatic nitrogens is 2. The van der Waals surface area contributed by atoms with Crippen LogP contribution in [0.15, 0.2) is 18.2 Å². The van der Waals surface area contributed by atoms with Gasteiger partial charge in [-0.05, 0) is 44.0 Å². The zero-order valence-electron chi connectivity index (χ0n) is 15.2. The van der Waals surface area contributed by atoms with Crippen LogP contribution in [0.5, 0.6) is 17.4 Å². The second-order valence-electron chi connectivity index (χ2n) is 6.13. The summed E-state index contributed by atoms with van der Waals surface area (Å²) in [5, 5.41) is 0.992. The van der Waals surface area contributed by atoms with Gasteiger partial charge >= 0.3 is 0 Å². The maximum Gasteiger partial charge on any atom is 0.231 e. The largest absolute Gasteiger partial charge is 0.493 e. The molecule has 0 spiro atoms. The monoisotopic (exact) mass is 404 g/mol. The summed E-state index contributed by atoms with van der Waals surface area (Å²) in [6, 6.07) is 6.21. The molecule has 1 aromatic carbocycles. The summed E-state index contributed by atoms with van der Waals surface area (Å²) in [7, 11) is 1.68. The second-order valence-corrected chi connectivity index (χ2v) is 10.1. The molecule has 4 nitrogen and oxygen atoms in total. The molecule has 0 amide bonds. The summed E-state index contributed by atoms with van der Waals surface area (Å²) in [6.07, 6.45) is 0. The molecular weight excluding hydrogens is 384 g/mol. The fraction of sp³-hybridized carbons (Fsp3) is 0.368. The molecule has 1 aliphatic heterocycles. The Hall–Kier alpha value is -1.44. The van der Waals surface area contributed by atoms with Gasteiger partial charge < -0.3 is 9.47 Å². The van der Waals surface area contributed by atoms with Gasteiger partial charge in [-0.3, -0.25) is 0 Å². The SMILES string of the molecule is COc1cc(C2SCCS2)ccc1Oc1nc(C)nc2sc(C)c(C)c12. The Labute approximate surface area is 165 Å². The number of hydrogen-bond donors (Lipinski definition) is 0. The van der Waals surface area contributed by atoms with Crippen molar-refractivity contribution in [1.82, 2.24) is 9.97 Å². The lowest BCUT2D eigenvalue weighted by molar-refractivity contribution is 0.375. The van der Waals surface area contributed by atoms with Crippen LogP contribution in [0.4, 0.5) is 0 Å². The third-order valence-corrected chi connectivity index (χ3v) is 8.60. The Morgan fingerprint density at radius 3 is 2.54 bits per heavy atom. The van der Waals surface area contributed by atoms with Gasteiger partial charge in [-0.1, -0.05) is 6.07 Å². The number of hydrogen-bond acceptors (Lipinski definition) is 7. The lowest BCUT2D eigenvalue weighted by atomic mass is 10.2. The van der Waals surface area contributed by atoms with Crippen LogP contribution in [0.3, 0.4) is 0 Å². The van der Waals surface area contributed by atoms with Crippen molar-refractivity contribution in [2.75, 3.05) is 18.6 Å². The van der Waals surface area contributed by atoms with Crippen LogP contribution < -0.4 is 9.47 Å². The third kappa shape index (κ3) is 3.28. The van der Waals surface area contributed by atoms with Crippen LogP contribution in [-0.4, -0.2) is 28.6 Å². The van der Waals surface area contributed by atoms with Gasteiger partial charge in [0.15, 0.2) is 11.5 Å². The first kappa shape index (κ1) is 17.9. The van der Waals surface area contributed by atoms with Gasteiger partial charge in [0.2, 0.25) is 5.88 Å². The van der Waals surface area contributed by atoms with Crippen LogP contribution in [0.2, 0.25) is 0 Å². The van der Waals surface area contributed by atoms with Crippen molar-refractivity contribution in [1.29, 1.82) is 0 Å². The van der Waals surface area contributed by atoms with Gasteiger partial charge in [-0.15, -0.1) is 34.9 Å². The predicted molar refractivity (Wildman–Crippen MR) is 112 cm³/mol. The van der Waals surface area contributed by atoms with Crippen LogP contribution in [0.25, 0.3) is 10.2 Å². The number of ether oxygens (including phenoxy) is 2. The number of fused-ring (bicyclic) bond motifs is 1.